The first kappa shape index (κ1) is 13.2. The summed E-state index contributed by atoms with van der Waals surface area (Å²) in [6.45, 7) is 0. The third kappa shape index (κ3) is 4.26. The number of rotatable bonds is 3. The zero-order chi connectivity index (χ0) is 12.5. The van der Waals surface area contributed by atoms with Gasteiger partial charge < -0.3 is 16.8 Å². The van der Waals surface area contributed by atoms with Gasteiger partial charge in [-0.1, -0.05) is 48.5 Å². The number of hydrogen-bond acceptors (Lipinski definition) is 3. The molecule has 0 aliphatic carbocycles. The second kappa shape index (κ2) is 7.44. The van der Waals surface area contributed by atoms with E-state index in [4.69, 9.17) is 5.73 Å². The lowest BCUT2D eigenvalue weighted by Gasteiger charge is -2.15. The molecule has 0 spiro atoms. The molecule has 1 atom stereocenters. The minimum atomic E-state index is -0.159. The predicted octanol–water partition coefficient (Wildman–Crippen LogP) is 2.33. The van der Waals surface area contributed by atoms with Gasteiger partial charge in [0, 0.05) is 5.69 Å². The molecular weight excluding hydrogens is 210 g/mol. The van der Waals surface area contributed by atoms with E-state index in [0.717, 1.165) is 11.3 Å². The number of nitrogens with one attached hydrogen (secondary N) is 1. The maximum atomic E-state index is 6.02. The summed E-state index contributed by atoms with van der Waals surface area (Å²) in [5, 5.41) is 3.24. The Bertz CT molecular complexity index is 400. The van der Waals surface area contributed by atoms with Crippen LogP contribution in [0.15, 0.2) is 60.7 Å². The van der Waals surface area contributed by atoms with Gasteiger partial charge in [-0.25, -0.2) is 0 Å². The first-order chi connectivity index (χ1) is 8.36. The number of hydrogen-bond donors (Lipinski definition) is 3. The lowest BCUT2D eigenvalue weighted by Crippen LogP contribution is -2.19. The molecule has 2 aromatic rings. The molecule has 0 fully saturated rings. The number of para-hydroxylation sites is 1. The Kier molecular flexibility index (Phi) is 5.79. The molecule has 0 heterocycles. The summed E-state index contributed by atoms with van der Waals surface area (Å²) >= 11 is 0. The van der Waals surface area contributed by atoms with Gasteiger partial charge in [0.2, 0.25) is 0 Å². The third-order valence-corrected chi connectivity index (χ3v) is 2.25. The van der Waals surface area contributed by atoms with E-state index in [1.807, 2.05) is 60.7 Å². The summed E-state index contributed by atoms with van der Waals surface area (Å²) in [6, 6.07) is 20.0. The van der Waals surface area contributed by atoms with Crippen LogP contribution < -0.4 is 16.8 Å². The number of benzene rings is 2. The van der Waals surface area contributed by atoms with Crippen molar-refractivity contribution in [2.24, 2.45) is 11.5 Å². The molecule has 3 nitrogen and oxygen atoms in total. The highest BCUT2D eigenvalue weighted by molar-refractivity contribution is 5.44. The summed E-state index contributed by atoms with van der Waals surface area (Å²) in [4.78, 5) is 0. The maximum Gasteiger partial charge on any atom is 0.101 e. The smallest absolute Gasteiger partial charge is 0.101 e. The lowest BCUT2D eigenvalue weighted by molar-refractivity contribution is 0.836. The van der Waals surface area contributed by atoms with Crippen molar-refractivity contribution < 1.29 is 0 Å². The molecule has 0 bridgehead atoms. The largest absolute Gasteiger partial charge is 0.366 e. The minimum absolute atomic E-state index is 0.159. The van der Waals surface area contributed by atoms with E-state index >= 15 is 0 Å². The van der Waals surface area contributed by atoms with E-state index < -0.39 is 0 Å². The van der Waals surface area contributed by atoms with Crippen LogP contribution in [0.4, 0.5) is 5.69 Å². The van der Waals surface area contributed by atoms with Crippen LogP contribution in [0.25, 0.3) is 0 Å². The van der Waals surface area contributed by atoms with Gasteiger partial charge in [-0.05, 0) is 24.7 Å². The van der Waals surface area contributed by atoms with E-state index in [1.54, 1.807) is 0 Å². The van der Waals surface area contributed by atoms with Gasteiger partial charge in [0.25, 0.3) is 0 Å². The lowest BCUT2D eigenvalue weighted by atomic mass is 10.2. The van der Waals surface area contributed by atoms with Crippen LogP contribution in [-0.2, 0) is 0 Å². The van der Waals surface area contributed by atoms with Gasteiger partial charge in [-0.3, -0.25) is 0 Å². The van der Waals surface area contributed by atoms with Crippen molar-refractivity contribution in [1.29, 1.82) is 0 Å². The second-order valence-electron chi connectivity index (χ2n) is 3.40. The van der Waals surface area contributed by atoms with E-state index in [-0.39, 0.29) is 6.17 Å². The third-order valence-electron chi connectivity index (χ3n) is 2.25. The van der Waals surface area contributed by atoms with E-state index in [9.17, 15) is 0 Å². The molecule has 2 rings (SSSR count). The second-order valence-corrected chi connectivity index (χ2v) is 3.40. The van der Waals surface area contributed by atoms with Gasteiger partial charge in [0.05, 0.1) is 0 Å². The molecule has 90 valence electrons. The Morgan fingerprint density at radius 3 is 1.82 bits per heavy atom. The molecule has 0 aliphatic rings. The molecule has 17 heavy (non-hydrogen) atoms. The van der Waals surface area contributed by atoms with Crippen LogP contribution in [0.3, 0.4) is 0 Å². The van der Waals surface area contributed by atoms with Crippen molar-refractivity contribution in [3.63, 3.8) is 0 Å². The maximum absolute atomic E-state index is 6.02. The molecule has 3 heteroatoms. The first-order valence-corrected chi connectivity index (χ1v) is 5.56. The summed E-state index contributed by atoms with van der Waals surface area (Å²) in [5.74, 6) is 0. The van der Waals surface area contributed by atoms with Crippen LogP contribution in [0.5, 0.6) is 0 Å². The molecule has 0 radical (unpaired) electrons. The van der Waals surface area contributed by atoms with Crippen molar-refractivity contribution in [3.05, 3.63) is 66.2 Å². The predicted molar refractivity (Wildman–Crippen MR) is 73.5 cm³/mol. The molecule has 0 saturated heterocycles. The molecule has 0 saturated carbocycles. The average molecular weight is 229 g/mol. The molecule has 1 unspecified atom stereocenters. The highest BCUT2D eigenvalue weighted by Crippen LogP contribution is 2.14. The van der Waals surface area contributed by atoms with Crippen LogP contribution in [0.2, 0.25) is 0 Å². The van der Waals surface area contributed by atoms with Crippen LogP contribution in [0.1, 0.15) is 11.7 Å². The Morgan fingerprint density at radius 1 is 0.824 bits per heavy atom. The Balaban J connectivity index is 0.000000686. The summed E-state index contributed by atoms with van der Waals surface area (Å²) in [7, 11) is 1.50. The van der Waals surface area contributed by atoms with Crippen molar-refractivity contribution >= 4 is 5.69 Å². The molecular formula is C14H19N3. The van der Waals surface area contributed by atoms with Crippen LogP contribution in [-0.4, -0.2) is 7.05 Å². The zero-order valence-corrected chi connectivity index (χ0v) is 10.0. The standard InChI is InChI=1S/C13H14N2.CH5N/c14-13(11-7-3-1-4-8-11)15-12-9-5-2-6-10-12;1-2/h1-10,13,15H,14H2;2H2,1H3. The van der Waals surface area contributed by atoms with Gasteiger partial charge in [-0.2, -0.15) is 0 Å². The Labute approximate surface area is 102 Å². The molecule has 0 aromatic heterocycles. The fraction of sp³-hybridized carbons (Fsp3) is 0.143. The molecule has 5 N–H and O–H groups in total. The van der Waals surface area contributed by atoms with Gasteiger partial charge in [-0.15, -0.1) is 0 Å². The van der Waals surface area contributed by atoms with E-state index in [1.165, 1.54) is 7.05 Å². The van der Waals surface area contributed by atoms with Crippen molar-refractivity contribution in [3.8, 4) is 0 Å². The number of anilines is 1. The summed E-state index contributed by atoms with van der Waals surface area (Å²) in [6.07, 6.45) is -0.159. The summed E-state index contributed by atoms with van der Waals surface area (Å²) < 4.78 is 0. The molecule has 0 amide bonds. The quantitative estimate of drug-likeness (QED) is 0.708. The fourth-order valence-electron chi connectivity index (χ4n) is 1.46. The Morgan fingerprint density at radius 2 is 1.29 bits per heavy atom. The van der Waals surface area contributed by atoms with Crippen molar-refractivity contribution in [2.45, 2.75) is 6.17 Å². The van der Waals surface area contributed by atoms with Crippen LogP contribution >= 0.6 is 0 Å². The Hall–Kier alpha value is -1.84. The highest BCUT2D eigenvalue weighted by Gasteiger charge is 2.03. The normalized spacial score (nSPS) is 11.0. The van der Waals surface area contributed by atoms with Gasteiger partial charge in [0.15, 0.2) is 0 Å². The van der Waals surface area contributed by atoms with E-state index in [0.29, 0.717) is 0 Å². The topological polar surface area (TPSA) is 64.1 Å². The highest BCUT2D eigenvalue weighted by atomic mass is 15.0. The molecule has 2 aromatic carbocycles. The SMILES string of the molecule is CN.NC(Nc1ccccc1)c1ccccc1. The monoisotopic (exact) mass is 229 g/mol. The minimum Gasteiger partial charge on any atom is -0.366 e. The van der Waals surface area contributed by atoms with Gasteiger partial charge >= 0.3 is 0 Å². The zero-order valence-electron chi connectivity index (χ0n) is 10.0. The summed E-state index contributed by atoms with van der Waals surface area (Å²) in [5.41, 5.74) is 12.6. The number of nitrogens with two attached hydrogens (primary N) is 2. The average Bonchev–Trinajstić information content (AvgIpc) is 2.43. The van der Waals surface area contributed by atoms with E-state index in [2.05, 4.69) is 11.1 Å². The first-order valence-electron chi connectivity index (χ1n) is 5.56. The van der Waals surface area contributed by atoms with Crippen molar-refractivity contribution in [2.75, 3.05) is 12.4 Å². The van der Waals surface area contributed by atoms with Crippen molar-refractivity contribution in [1.82, 2.24) is 0 Å². The fourth-order valence-corrected chi connectivity index (χ4v) is 1.46. The molecule has 0 aliphatic heterocycles. The van der Waals surface area contributed by atoms with Gasteiger partial charge in [0.1, 0.15) is 6.17 Å². The van der Waals surface area contributed by atoms with Crippen LogP contribution in [0, 0.1) is 0 Å².